The molecule has 3 unspecified atom stereocenters. The van der Waals surface area contributed by atoms with Gasteiger partial charge >= 0.3 is 0 Å². The molecule has 3 atom stereocenters. The van der Waals surface area contributed by atoms with E-state index in [0.717, 1.165) is 49.6 Å². The van der Waals surface area contributed by atoms with Crippen molar-refractivity contribution in [3.05, 3.63) is 35.9 Å². The molecule has 3 nitrogen and oxygen atoms in total. The Hall–Kier alpha value is -1.35. The van der Waals surface area contributed by atoms with Crippen molar-refractivity contribution in [2.45, 2.75) is 38.1 Å². The third kappa shape index (κ3) is 2.79. The monoisotopic (exact) mass is 298 g/mol. The van der Waals surface area contributed by atoms with Crippen LogP contribution in [0.3, 0.4) is 0 Å². The molecule has 22 heavy (non-hydrogen) atoms. The molecule has 1 aliphatic heterocycles. The highest BCUT2D eigenvalue weighted by atomic mass is 16.2. The molecule has 1 heterocycles. The second-order valence-electron chi connectivity index (χ2n) is 7.32. The Morgan fingerprint density at radius 1 is 1.00 bits per heavy atom. The van der Waals surface area contributed by atoms with Gasteiger partial charge in [0.05, 0.1) is 6.42 Å². The van der Waals surface area contributed by atoms with Crippen molar-refractivity contribution in [2.75, 3.05) is 26.2 Å². The standard InChI is InChI=1S/C19H26N2O/c22-19(14-15-4-2-1-3-5-15)21-10-8-20(9-11-21)18-13-16-6-7-17(18)12-16/h1-5,16-18H,6-14H2. The van der Waals surface area contributed by atoms with Gasteiger partial charge in [0, 0.05) is 32.2 Å². The minimum atomic E-state index is 0.291. The summed E-state index contributed by atoms with van der Waals surface area (Å²) in [6.07, 6.45) is 6.36. The van der Waals surface area contributed by atoms with E-state index in [1.165, 1.54) is 25.7 Å². The highest BCUT2D eigenvalue weighted by Gasteiger charge is 2.42. The Kier molecular flexibility index (Phi) is 3.91. The SMILES string of the molecule is O=C(Cc1ccccc1)N1CCN(C2CC3CCC2C3)CC1. The quantitative estimate of drug-likeness (QED) is 0.856. The largest absolute Gasteiger partial charge is 0.340 e. The normalized spacial score (nSPS) is 31.6. The zero-order valence-corrected chi connectivity index (χ0v) is 13.3. The lowest BCUT2D eigenvalue weighted by molar-refractivity contribution is -0.132. The summed E-state index contributed by atoms with van der Waals surface area (Å²) in [7, 11) is 0. The second-order valence-corrected chi connectivity index (χ2v) is 7.32. The molecule has 3 fully saturated rings. The van der Waals surface area contributed by atoms with Crippen molar-refractivity contribution in [3.8, 4) is 0 Å². The van der Waals surface area contributed by atoms with Crippen LogP contribution in [0.5, 0.6) is 0 Å². The number of rotatable bonds is 3. The van der Waals surface area contributed by atoms with Crippen molar-refractivity contribution in [1.29, 1.82) is 0 Å². The number of piperazine rings is 1. The first kappa shape index (κ1) is 14.3. The molecule has 2 saturated carbocycles. The minimum Gasteiger partial charge on any atom is -0.340 e. The molecule has 1 amide bonds. The van der Waals surface area contributed by atoms with Gasteiger partial charge in [0.1, 0.15) is 0 Å². The van der Waals surface area contributed by atoms with Crippen molar-refractivity contribution in [3.63, 3.8) is 0 Å². The van der Waals surface area contributed by atoms with Crippen LogP contribution in [0, 0.1) is 11.8 Å². The minimum absolute atomic E-state index is 0.291. The van der Waals surface area contributed by atoms with Gasteiger partial charge in [0.2, 0.25) is 5.91 Å². The Labute approximate surface area is 133 Å². The molecule has 1 aromatic carbocycles. The van der Waals surface area contributed by atoms with Crippen LogP contribution in [0.15, 0.2) is 30.3 Å². The summed E-state index contributed by atoms with van der Waals surface area (Å²) in [6.45, 7) is 3.99. The molecule has 3 aliphatic rings. The van der Waals surface area contributed by atoms with E-state index in [4.69, 9.17) is 0 Å². The average molecular weight is 298 g/mol. The second kappa shape index (κ2) is 6.04. The van der Waals surface area contributed by atoms with Gasteiger partial charge in [-0.1, -0.05) is 36.8 Å². The van der Waals surface area contributed by atoms with Crippen LogP contribution in [-0.2, 0) is 11.2 Å². The van der Waals surface area contributed by atoms with Gasteiger partial charge in [-0.15, -0.1) is 0 Å². The van der Waals surface area contributed by atoms with Gasteiger partial charge in [-0.2, -0.15) is 0 Å². The van der Waals surface area contributed by atoms with Crippen LogP contribution in [-0.4, -0.2) is 47.9 Å². The summed E-state index contributed by atoms with van der Waals surface area (Å²) in [5, 5.41) is 0. The maximum absolute atomic E-state index is 12.4. The lowest BCUT2D eigenvalue weighted by Gasteiger charge is -2.41. The fourth-order valence-corrected chi connectivity index (χ4v) is 4.84. The number of carbonyl (C=O) groups excluding carboxylic acids is 1. The summed E-state index contributed by atoms with van der Waals surface area (Å²) < 4.78 is 0. The highest BCUT2D eigenvalue weighted by molar-refractivity contribution is 5.78. The first-order valence-corrected chi connectivity index (χ1v) is 8.85. The third-order valence-electron chi connectivity index (χ3n) is 6.03. The van der Waals surface area contributed by atoms with Gasteiger partial charge in [-0.05, 0) is 36.7 Å². The Morgan fingerprint density at radius 2 is 1.77 bits per heavy atom. The molecule has 1 saturated heterocycles. The topological polar surface area (TPSA) is 23.6 Å². The Bertz CT molecular complexity index is 521. The summed E-state index contributed by atoms with van der Waals surface area (Å²) in [4.78, 5) is 17.2. The number of fused-ring (bicyclic) bond motifs is 2. The smallest absolute Gasteiger partial charge is 0.227 e. The van der Waals surface area contributed by atoms with Crippen molar-refractivity contribution in [1.82, 2.24) is 9.80 Å². The fraction of sp³-hybridized carbons (Fsp3) is 0.632. The molecule has 3 heteroatoms. The van der Waals surface area contributed by atoms with E-state index in [1.807, 2.05) is 30.3 Å². The van der Waals surface area contributed by atoms with Gasteiger partial charge in [-0.3, -0.25) is 9.69 Å². The summed E-state index contributed by atoms with van der Waals surface area (Å²) >= 11 is 0. The maximum Gasteiger partial charge on any atom is 0.227 e. The first-order valence-electron chi connectivity index (χ1n) is 8.85. The molecule has 0 N–H and O–H groups in total. The van der Waals surface area contributed by atoms with Crippen molar-refractivity contribution in [2.24, 2.45) is 11.8 Å². The molecule has 1 aromatic rings. The van der Waals surface area contributed by atoms with E-state index >= 15 is 0 Å². The predicted octanol–water partition coefficient (Wildman–Crippen LogP) is 2.56. The van der Waals surface area contributed by atoms with Crippen LogP contribution in [0.2, 0.25) is 0 Å². The molecular formula is C19H26N2O. The zero-order chi connectivity index (χ0) is 14.9. The summed E-state index contributed by atoms with van der Waals surface area (Å²) in [5.74, 6) is 2.25. The molecule has 0 aromatic heterocycles. The molecule has 0 radical (unpaired) electrons. The van der Waals surface area contributed by atoms with Gasteiger partial charge in [0.25, 0.3) is 0 Å². The fourth-order valence-electron chi connectivity index (χ4n) is 4.84. The summed E-state index contributed by atoms with van der Waals surface area (Å²) in [6, 6.07) is 10.9. The molecule has 0 spiro atoms. The Morgan fingerprint density at radius 3 is 2.41 bits per heavy atom. The number of carbonyl (C=O) groups is 1. The third-order valence-corrected chi connectivity index (χ3v) is 6.03. The van der Waals surface area contributed by atoms with E-state index in [9.17, 15) is 4.79 Å². The first-order chi connectivity index (χ1) is 10.8. The van der Waals surface area contributed by atoms with Gasteiger partial charge < -0.3 is 4.90 Å². The number of nitrogens with zero attached hydrogens (tertiary/aromatic N) is 2. The van der Waals surface area contributed by atoms with Gasteiger partial charge in [-0.25, -0.2) is 0 Å². The highest BCUT2D eigenvalue weighted by Crippen LogP contribution is 2.46. The number of amides is 1. The van der Waals surface area contributed by atoms with Crippen LogP contribution in [0.25, 0.3) is 0 Å². The van der Waals surface area contributed by atoms with Gasteiger partial charge in [0.15, 0.2) is 0 Å². The van der Waals surface area contributed by atoms with E-state index in [2.05, 4.69) is 9.80 Å². The molecule has 2 aliphatic carbocycles. The van der Waals surface area contributed by atoms with E-state index in [0.29, 0.717) is 12.3 Å². The van der Waals surface area contributed by atoms with Crippen LogP contribution < -0.4 is 0 Å². The molecular weight excluding hydrogens is 272 g/mol. The molecule has 2 bridgehead atoms. The number of hydrogen-bond donors (Lipinski definition) is 0. The van der Waals surface area contributed by atoms with Crippen molar-refractivity contribution >= 4 is 5.91 Å². The summed E-state index contributed by atoms with van der Waals surface area (Å²) in [5.41, 5.74) is 1.13. The van der Waals surface area contributed by atoms with E-state index < -0.39 is 0 Å². The number of hydrogen-bond acceptors (Lipinski definition) is 2. The lowest BCUT2D eigenvalue weighted by atomic mass is 9.93. The van der Waals surface area contributed by atoms with Crippen LogP contribution in [0.1, 0.15) is 31.2 Å². The lowest BCUT2D eigenvalue weighted by Crippen LogP contribution is -2.53. The Balaban J connectivity index is 1.29. The van der Waals surface area contributed by atoms with E-state index in [-0.39, 0.29) is 0 Å². The zero-order valence-electron chi connectivity index (χ0n) is 13.3. The van der Waals surface area contributed by atoms with Crippen molar-refractivity contribution < 1.29 is 4.79 Å². The van der Waals surface area contributed by atoms with E-state index in [1.54, 1.807) is 0 Å². The van der Waals surface area contributed by atoms with Crippen LogP contribution >= 0.6 is 0 Å². The maximum atomic E-state index is 12.4. The molecule has 4 rings (SSSR count). The predicted molar refractivity (Wildman–Crippen MR) is 87.5 cm³/mol. The van der Waals surface area contributed by atoms with Crippen LogP contribution in [0.4, 0.5) is 0 Å². The molecule has 118 valence electrons. The number of benzene rings is 1. The average Bonchev–Trinajstić information content (AvgIpc) is 3.19.